The van der Waals surface area contributed by atoms with Crippen molar-refractivity contribution in [2.24, 2.45) is 0 Å². The molecule has 0 heterocycles. The molecule has 3 N–H and O–H groups in total. The van der Waals surface area contributed by atoms with Crippen LogP contribution in [-0.4, -0.2) is 34.9 Å². The highest BCUT2D eigenvalue weighted by molar-refractivity contribution is 5.76. The molecule has 0 saturated carbocycles. The first-order chi connectivity index (χ1) is 24.7. The first-order valence-electron chi connectivity index (χ1n) is 21.9. The Hall–Kier alpha value is -1.65. The highest BCUT2D eigenvalue weighted by Gasteiger charge is 2.17. The average Bonchev–Trinajstić information content (AvgIpc) is 3.12. The number of carbonyl (C=O) groups excluding carboxylic acids is 1. The Morgan fingerprint density at radius 1 is 0.460 bits per heavy atom. The van der Waals surface area contributed by atoms with E-state index in [0.29, 0.717) is 6.42 Å². The van der Waals surface area contributed by atoms with Crippen molar-refractivity contribution in [1.82, 2.24) is 5.32 Å². The zero-order chi connectivity index (χ0) is 36.4. The Labute approximate surface area is 312 Å². The lowest BCUT2D eigenvalue weighted by Crippen LogP contribution is -2.45. The van der Waals surface area contributed by atoms with E-state index in [1.807, 2.05) is 6.08 Å². The lowest BCUT2D eigenvalue weighted by molar-refractivity contribution is -0.123. The third-order valence-corrected chi connectivity index (χ3v) is 9.76. The van der Waals surface area contributed by atoms with Crippen LogP contribution in [-0.2, 0) is 4.79 Å². The quantitative estimate of drug-likeness (QED) is 0.0442. The topological polar surface area (TPSA) is 69.6 Å². The fraction of sp³-hybridized carbons (Fsp3) is 0.804. The maximum Gasteiger partial charge on any atom is 0.220 e. The van der Waals surface area contributed by atoms with Gasteiger partial charge in [-0.15, -0.1) is 0 Å². The summed E-state index contributed by atoms with van der Waals surface area (Å²) < 4.78 is 0. The fourth-order valence-corrected chi connectivity index (χ4v) is 6.38. The highest BCUT2D eigenvalue weighted by atomic mass is 16.3. The maximum absolute atomic E-state index is 12.4. The summed E-state index contributed by atoms with van der Waals surface area (Å²) in [4.78, 5) is 12.4. The van der Waals surface area contributed by atoms with E-state index >= 15 is 0 Å². The Bertz CT molecular complexity index is 801. The molecule has 0 fully saturated rings. The summed E-state index contributed by atoms with van der Waals surface area (Å²) in [5.74, 6) is -0.0830. The van der Waals surface area contributed by atoms with E-state index in [4.69, 9.17) is 0 Å². The molecule has 4 heteroatoms. The van der Waals surface area contributed by atoms with Crippen LogP contribution in [0.15, 0.2) is 48.6 Å². The zero-order valence-corrected chi connectivity index (χ0v) is 33.4. The van der Waals surface area contributed by atoms with E-state index in [0.717, 1.165) is 38.5 Å². The minimum atomic E-state index is -0.871. The molecule has 0 aliphatic rings. The second kappa shape index (κ2) is 41.8. The number of aliphatic hydroxyl groups is 2. The number of hydrogen-bond donors (Lipinski definition) is 3. The van der Waals surface area contributed by atoms with Gasteiger partial charge >= 0.3 is 0 Å². The lowest BCUT2D eigenvalue weighted by Gasteiger charge is -2.19. The first-order valence-corrected chi connectivity index (χ1v) is 21.9. The molecule has 0 rings (SSSR count). The van der Waals surface area contributed by atoms with Gasteiger partial charge in [-0.1, -0.05) is 191 Å². The van der Waals surface area contributed by atoms with E-state index < -0.39 is 12.1 Å². The fourth-order valence-electron chi connectivity index (χ4n) is 6.38. The van der Waals surface area contributed by atoms with Crippen LogP contribution in [0.25, 0.3) is 0 Å². The summed E-state index contributed by atoms with van der Waals surface area (Å²) in [6.07, 6.45) is 56.4. The second-order valence-corrected chi connectivity index (χ2v) is 14.7. The van der Waals surface area contributed by atoms with Crippen molar-refractivity contribution in [3.05, 3.63) is 48.6 Å². The Kier molecular flexibility index (Phi) is 40.4. The van der Waals surface area contributed by atoms with E-state index in [-0.39, 0.29) is 12.5 Å². The number of carbonyl (C=O) groups is 1. The van der Waals surface area contributed by atoms with Crippen molar-refractivity contribution >= 4 is 5.91 Å². The summed E-state index contributed by atoms with van der Waals surface area (Å²) in [7, 11) is 0. The zero-order valence-electron chi connectivity index (χ0n) is 33.4. The largest absolute Gasteiger partial charge is 0.394 e. The molecule has 292 valence electrons. The smallest absolute Gasteiger partial charge is 0.220 e. The molecule has 0 aromatic heterocycles. The van der Waals surface area contributed by atoms with Crippen molar-refractivity contribution in [2.75, 3.05) is 6.61 Å². The van der Waals surface area contributed by atoms with Gasteiger partial charge in [-0.25, -0.2) is 0 Å². The first kappa shape index (κ1) is 48.3. The van der Waals surface area contributed by atoms with Crippen molar-refractivity contribution in [1.29, 1.82) is 0 Å². The molecule has 0 aromatic rings. The molecule has 0 radical (unpaired) electrons. The van der Waals surface area contributed by atoms with Crippen LogP contribution in [0.4, 0.5) is 0 Å². The van der Waals surface area contributed by atoms with Crippen LogP contribution >= 0.6 is 0 Å². The van der Waals surface area contributed by atoms with Crippen LogP contribution in [0.1, 0.15) is 219 Å². The van der Waals surface area contributed by atoms with Crippen molar-refractivity contribution in [2.45, 2.75) is 231 Å². The highest BCUT2D eigenvalue weighted by Crippen LogP contribution is 2.13. The number of amides is 1. The lowest BCUT2D eigenvalue weighted by atomic mass is 10.1. The molecule has 0 aliphatic carbocycles. The molecule has 0 saturated heterocycles. The van der Waals surface area contributed by atoms with Crippen LogP contribution in [0.2, 0.25) is 0 Å². The molecule has 50 heavy (non-hydrogen) atoms. The number of hydrogen-bond acceptors (Lipinski definition) is 3. The molecule has 0 spiro atoms. The van der Waals surface area contributed by atoms with Crippen molar-refractivity contribution < 1.29 is 15.0 Å². The van der Waals surface area contributed by atoms with Gasteiger partial charge in [-0.05, 0) is 70.6 Å². The molecular weight excluding hydrogens is 615 g/mol. The average molecular weight is 700 g/mol. The number of nitrogens with one attached hydrogen (secondary N) is 1. The summed E-state index contributed by atoms with van der Waals surface area (Å²) in [5, 5.41) is 23.0. The molecule has 2 atom stereocenters. The number of allylic oxidation sites excluding steroid dienone is 7. The van der Waals surface area contributed by atoms with Crippen LogP contribution in [0, 0.1) is 0 Å². The van der Waals surface area contributed by atoms with Crippen molar-refractivity contribution in [3.63, 3.8) is 0 Å². The summed E-state index contributed by atoms with van der Waals surface area (Å²) in [5.41, 5.74) is 0. The van der Waals surface area contributed by atoms with Gasteiger partial charge in [0.05, 0.1) is 18.8 Å². The molecule has 0 aromatic carbocycles. The van der Waals surface area contributed by atoms with Gasteiger partial charge in [0.15, 0.2) is 0 Å². The van der Waals surface area contributed by atoms with Gasteiger partial charge in [0.25, 0.3) is 0 Å². The monoisotopic (exact) mass is 700 g/mol. The predicted molar refractivity (Wildman–Crippen MR) is 221 cm³/mol. The van der Waals surface area contributed by atoms with Crippen LogP contribution in [0.5, 0.6) is 0 Å². The maximum atomic E-state index is 12.4. The molecule has 4 nitrogen and oxygen atoms in total. The van der Waals surface area contributed by atoms with Crippen LogP contribution < -0.4 is 5.32 Å². The van der Waals surface area contributed by atoms with Gasteiger partial charge in [0, 0.05) is 6.42 Å². The minimum Gasteiger partial charge on any atom is -0.394 e. The van der Waals surface area contributed by atoms with Gasteiger partial charge in [-0.2, -0.15) is 0 Å². The van der Waals surface area contributed by atoms with Gasteiger partial charge < -0.3 is 15.5 Å². The second-order valence-electron chi connectivity index (χ2n) is 14.7. The number of unbranched alkanes of at least 4 members (excludes halogenated alkanes) is 26. The third-order valence-electron chi connectivity index (χ3n) is 9.76. The molecule has 0 bridgehead atoms. The summed E-state index contributed by atoms with van der Waals surface area (Å²) in [6.45, 7) is 4.29. The SMILES string of the molecule is CCCCCCCCCC/C=C\CCCCCCCCCC(=O)NC(CO)C(O)/C=C/CC/C=C/CC/C=C/CCCCCCCCCCC. The Balaban J connectivity index is 3.66. The molecule has 2 unspecified atom stereocenters. The predicted octanol–water partition coefficient (Wildman–Crippen LogP) is 13.6. The minimum absolute atomic E-state index is 0.0830. The van der Waals surface area contributed by atoms with E-state index in [9.17, 15) is 15.0 Å². The molecule has 0 aliphatic heterocycles. The Morgan fingerprint density at radius 2 is 0.780 bits per heavy atom. The summed E-state index contributed by atoms with van der Waals surface area (Å²) in [6, 6.07) is -0.647. The van der Waals surface area contributed by atoms with Gasteiger partial charge in [0.1, 0.15) is 0 Å². The number of aliphatic hydroxyl groups excluding tert-OH is 2. The normalized spacial score (nSPS) is 13.4. The Morgan fingerprint density at radius 3 is 1.16 bits per heavy atom. The van der Waals surface area contributed by atoms with Crippen molar-refractivity contribution in [3.8, 4) is 0 Å². The number of rotatable bonds is 39. The molecule has 1 amide bonds. The molecular formula is C46H85NO3. The van der Waals surface area contributed by atoms with Gasteiger partial charge in [0.2, 0.25) is 5.91 Å². The van der Waals surface area contributed by atoms with Crippen LogP contribution in [0.3, 0.4) is 0 Å². The third kappa shape index (κ3) is 37.6. The van der Waals surface area contributed by atoms with E-state index in [1.165, 1.54) is 161 Å². The van der Waals surface area contributed by atoms with E-state index in [1.54, 1.807) is 6.08 Å². The summed E-state index contributed by atoms with van der Waals surface area (Å²) >= 11 is 0. The van der Waals surface area contributed by atoms with E-state index in [2.05, 4.69) is 55.6 Å². The standard InChI is InChI=1S/C46H85NO3/c1-3-5-7-9-11-13-15-17-19-21-23-25-27-29-31-33-35-37-39-41-45(49)44(43-48)47-46(50)42-40-38-36-34-32-30-28-26-24-22-20-18-16-14-12-10-8-6-4-2/h22-25,31,33,39,41,44-45,48-49H,3-21,26-30,32,34-38,40,42-43H2,1-2H3,(H,47,50)/b24-22-,25-23+,33-31+,41-39+. The van der Waals surface area contributed by atoms with Gasteiger partial charge in [-0.3, -0.25) is 4.79 Å².